The van der Waals surface area contributed by atoms with Crippen molar-refractivity contribution >= 4 is 28.9 Å². The molecular formula is C25H31N3O7. The van der Waals surface area contributed by atoms with Crippen molar-refractivity contribution in [1.29, 1.82) is 0 Å². The summed E-state index contributed by atoms with van der Waals surface area (Å²) in [5.41, 5.74) is 3.85. The summed E-state index contributed by atoms with van der Waals surface area (Å²) in [5.74, 6) is -6.43. The number of nitrogens with zero attached hydrogens (tertiary/aromatic N) is 2. The van der Waals surface area contributed by atoms with E-state index in [4.69, 9.17) is 5.73 Å². The molecule has 0 radical (unpaired) electrons. The van der Waals surface area contributed by atoms with E-state index in [9.17, 15) is 34.8 Å². The fourth-order valence-corrected chi connectivity index (χ4v) is 6.01. The molecule has 3 aliphatic rings. The molecule has 0 aromatic heterocycles. The van der Waals surface area contributed by atoms with E-state index in [1.165, 1.54) is 4.90 Å². The van der Waals surface area contributed by atoms with Crippen LogP contribution in [0.25, 0.3) is 5.76 Å². The lowest BCUT2D eigenvalue weighted by molar-refractivity contribution is -0.153. The molecule has 0 heterocycles. The van der Waals surface area contributed by atoms with Gasteiger partial charge in [-0.05, 0) is 56.5 Å². The first-order valence-electron chi connectivity index (χ1n) is 11.5. The first-order chi connectivity index (χ1) is 16.3. The van der Waals surface area contributed by atoms with Crippen LogP contribution in [0.15, 0.2) is 23.0 Å². The van der Waals surface area contributed by atoms with Gasteiger partial charge < -0.3 is 31.1 Å². The molecule has 3 aliphatic carbocycles. The normalized spacial score (nSPS) is 28.1. The van der Waals surface area contributed by atoms with Crippen LogP contribution >= 0.6 is 0 Å². The van der Waals surface area contributed by atoms with E-state index >= 15 is 0 Å². The van der Waals surface area contributed by atoms with Crippen LogP contribution in [0.4, 0.5) is 5.69 Å². The van der Waals surface area contributed by atoms with E-state index in [1.807, 2.05) is 32.0 Å². The first-order valence-corrected chi connectivity index (χ1v) is 11.5. The smallest absolute Gasteiger partial charge is 0.255 e. The summed E-state index contributed by atoms with van der Waals surface area (Å²) in [6, 6.07) is 0.741. The number of aryl methyl sites for hydroxylation is 1. The molecule has 0 spiro atoms. The second-order valence-electron chi connectivity index (χ2n) is 9.97. The highest BCUT2D eigenvalue weighted by Gasteiger charge is 2.64. The maximum absolute atomic E-state index is 13.8. The van der Waals surface area contributed by atoms with Gasteiger partial charge in [0, 0.05) is 31.3 Å². The molecule has 4 rings (SSSR count). The van der Waals surface area contributed by atoms with Crippen molar-refractivity contribution in [3.63, 3.8) is 0 Å². The predicted octanol–water partition coefficient (Wildman–Crippen LogP) is 0.592. The summed E-state index contributed by atoms with van der Waals surface area (Å²) in [5, 5.41) is 44.8. The van der Waals surface area contributed by atoms with Crippen molar-refractivity contribution in [2.45, 2.75) is 37.8 Å². The van der Waals surface area contributed by atoms with Crippen LogP contribution < -0.4 is 10.6 Å². The van der Waals surface area contributed by atoms with E-state index in [2.05, 4.69) is 0 Å². The summed E-state index contributed by atoms with van der Waals surface area (Å²) in [7, 11) is 6.82. The zero-order valence-corrected chi connectivity index (χ0v) is 20.4. The number of rotatable bonds is 4. The minimum Gasteiger partial charge on any atom is -0.508 e. The average molecular weight is 486 g/mol. The Bertz CT molecular complexity index is 1230. The minimum absolute atomic E-state index is 0.0644. The zero-order chi connectivity index (χ0) is 26.1. The van der Waals surface area contributed by atoms with Gasteiger partial charge in [0.15, 0.2) is 11.4 Å². The van der Waals surface area contributed by atoms with Gasteiger partial charge in [-0.15, -0.1) is 0 Å². The number of likely N-dealkylation sites (N-methyl/N-ethyl adjacent to an activating group) is 1. The molecule has 1 aromatic carbocycles. The number of amides is 1. The van der Waals surface area contributed by atoms with Crippen LogP contribution in [0.1, 0.15) is 30.0 Å². The second kappa shape index (κ2) is 8.10. The van der Waals surface area contributed by atoms with Crippen molar-refractivity contribution in [2.24, 2.45) is 17.6 Å². The number of carbonyl (C=O) groups is 3. The van der Waals surface area contributed by atoms with Gasteiger partial charge in [0.05, 0.1) is 11.6 Å². The third-order valence-electron chi connectivity index (χ3n) is 7.64. The van der Waals surface area contributed by atoms with Gasteiger partial charge in [-0.2, -0.15) is 0 Å². The van der Waals surface area contributed by atoms with Gasteiger partial charge in [-0.1, -0.05) is 6.92 Å². The molecular weight excluding hydrogens is 454 g/mol. The number of hydrogen-bond donors (Lipinski definition) is 5. The van der Waals surface area contributed by atoms with Gasteiger partial charge >= 0.3 is 0 Å². The highest BCUT2D eigenvalue weighted by Crippen LogP contribution is 2.54. The van der Waals surface area contributed by atoms with E-state index in [0.717, 1.165) is 5.69 Å². The molecule has 188 valence electrons. The summed E-state index contributed by atoms with van der Waals surface area (Å²) in [4.78, 5) is 42.3. The summed E-state index contributed by atoms with van der Waals surface area (Å²) in [6.07, 6.45) is 0.804. The molecule has 0 aliphatic heterocycles. The number of Topliss-reactive ketones (excluding diaryl/α,β-unsaturated/α-hetero) is 2. The molecule has 0 saturated heterocycles. The fraction of sp³-hybridized carbons (Fsp3) is 0.480. The Balaban J connectivity index is 2.01. The first kappa shape index (κ1) is 24.7. The number of primary amides is 1. The van der Waals surface area contributed by atoms with E-state index < -0.39 is 58.0 Å². The maximum atomic E-state index is 13.8. The Labute approximate surface area is 202 Å². The fourth-order valence-electron chi connectivity index (χ4n) is 6.01. The predicted molar refractivity (Wildman–Crippen MR) is 128 cm³/mol. The average Bonchev–Trinajstić information content (AvgIpc) is 2.75. The third kappa shape index (κ3) is 3.20. The van der Waals surface area contributed by atoms with Gasteiger partial charge in [0.2, 0.25) is 5.78 Å². The molecule has 0 bridgehead atoms. The number of nitrogens with two attached hydrogens (primary N) is 1. The van der Waals surface area contributed by atoms with Gasteiger partial charge in [-0.25, -0.2) is 0 Å². The maximum Gasteiger partial charge on any atom is 0.255 e. The number of phenols is 1. The zero-order valence-electron chi connectivity index (χ0n) is 20.4. The number of anilines is 1. The lowest BCUT2D eigenvalue weighted by Crippen LogP contribution is -2.65. The lowest BCUT2D eigenvalue weighted by atomic mass is 9.57. The van der Waals surface area contributed by atoms with Crippen LogP contribution in [-0.2, 0) is 27.2 Å². The number of fused-ring (bicyclic) bond motifs is 3. The molecule has 1 aromatic rings. The standard InChI is InChI=1S/C25H31N3O7/c1-6-10-9-14(27(2)3)12-7-11-8-13-18(28(4)5)21(31)17(24(26)34)23(33)25(13,35)22(32)15(11)20(30)16(12)19(10)29/h9,11,13,18,29-30,33,35H,6-8H2,1-5H3,(H2,26,34)/t11-,13+,18?,25+/m1/s1. The van der Waals surface area contributed by atoms with E-state index in [0.29, 0.717) is 17.5 Å². The number of hydrogen-bond acceptors (Lipinski definition) is 9. The van der Waals surface area contributed by atoms with Crippen molar-refractivity contribution in [2.75, 3.05) is 33.1 Å². The Hall–Kier alpha value is -3.37. The van der Waals surface area contributed by atoms with Gasteiger partial charge in [0.25, 0.3) is 5.91 Å². The summed E-state index contributed by atoms with van der Waals surface area (Å²) >= 11 is 0. The molecule has 1 amide bonds. The highest BCUT2D eigenvalue weighted by molar-refractivity contribution is 6.24. The van der Waals surface area contributed by atoms with Crippen LogP contribution in [0.2, 0.25) is 0 Å². The van der Waals surface area contributed by atoms with E-state index in [1.54, 1.807) is 14.1 Å². The number of carbonyl (C=O) groups excluding carboxylic acids is 3. The molecule has 4 atom stereocenters. The Kier molecular flexibility index (Phi) is 5.72. The van der Waals surface area contributed by atoms with Gasteiger partial charge in [-0.3, -0.25) is 19.3 Å². The summed E-state index contributed by atoms with van der Waals surface area (Å²) < 4.78 is 0. The van der Waals surface area contributed by atoms with Crippen molar-refractivity contribution < 1.29 is 34.8 Å². The highest BCUT2D eigenvalue weighted by atomic mass is 16.3. The molecule has 1 unspecified atom stereocenters. The quantitative estimate of drug-likeness (QED) is 0.384. The van der Waals surface area contributed by atoms with Crippen LogP contribution in [0.3, 0.4) is 0 Å². The number of aromatic hydroxyl groups is 1. The number of ketones is 2. The Morgan fingerprint density at radius 1 is 1.17 bits per heavy atom. The third-order valence-corrected chi connectivity index (χ3v) is 7.64. The largest absolute Gasteiger partial charge is 0.508 e. The summed E-state index contributed by atoms with van der Waals surface area (Å²) in [6.45, 7) is 1.85. The van der Waals surface area contributed by atoms with Crippen LogP contribution in [0.5, 0.6) is 5.75 Å². The molecule has 1 fully saturated rings. The Morgan fingerprint density at radius 3 is 2.31 bits per heavy atom. The van der Waals surface area contributed by atoms with Crippen LogP contribution in [0, 0.1) is 11.8 Å². The molecule has 1 saturated carbocycles. The number of benzene rings is 1. The Morgan fingerprint density at radius 2 is 1.80 bits per heavy atom. The number of phenolic OH excluding ortho intramolecular Hbond substituents is 1. The topological polar surface area (TPSA) is 165 Å². The van der Waals surface area contributed by atoms with Crippen LogP contribution in [-0.4, -0.2) is 82.6 Å². The molecule has 10 heteroatoms. The second-order valence-corrected chi connectivity index (χ2v) is 9.97. The number of aliphatic hydroxyl groups is 3. The van der Waals surface area contributed by atoms with Crippen molar-refractivity contribution in [3.8, 4) is 5.75 Å². The monoisotopic (exact) mass is 485 g/mol. The molecule has 35 heavy (non-hydrogen) atoms. The van der Waals surface area contributed by atoms with Crippen molar-refractivity contribution in [1.82, 2.24) is 4.90 Å². The molecule has 6 N–H and O–H groups in total. The SMILES string of the molecule is CCc1cc(N(C)C)c2c(c1O)C(O)=C1C(=O)[C@]3(O)C(O)=C(C(N)=O)C(=O)C(N(C)C)[C@@H]3C[C@H]1C2. The number of aliphatic hydroxyl groups excluding tert-OH is 2. The lowest BCUT2D eigenvalue weighted by Gasteiger charge is -2.50. The van der Waals surface area contributed by atoms with Crippen molar-refractivity contribution in [3.05, 3.63) is 39.7 Å². The minimum atomic E-state index is -2.63. The van der Waals surface area contributed by atoms with E-state index in [-0.39, 0.29) is 29.7 Å². The van der Waals surface area contributed by atoms with Gasteiger partial charge in [0.1, 0.15) is 22.8 Å². The molecule has 10 nitrogen and oxygen atoms in total.